The normalized spacial score (nSPS) is 21.8. The first-order valence-corrected chi connectivity index (χ1v) is 10.00. The number of nitrogens with zero attached hydrogens (tertiary/aromatic N) is 1. The molecule has 1 fully saturated rings. The van der Waals surface area contributed by atoms with Gasteiger partial charge < -0.3 is 9.84 Å². The SMILES string of the molecule is Cc1ccsc1/C=C1\Oc2c(ccc(O)c2CN2CCCC[C@H]2C)C1=O. The van der Waals surface area contributed by atoms with Crippen LogP contribution in [0.5, 0.6) is 11.5 Å². The van der Waals surface area contributed by atoms with Crippen molar-refractivity contribution in [3.05, 3.63) is 50.9 Å². The van der Waals surface area contributed by atoms with Gasteiger partial charge in [-0.15, -0.1) is 11.3 Å². The Morgan fingerprint density at radius 3 is 2.92 bits per heavy atom. The van der Waals surface area contributed by atoms with E-state index in [0.717, 1.165) is 22.5 Å². The minimum absolute atomic E-state index is 0.110. The molecular formula is C21H23NO3S. The molecule has 1 atom stereocenters. The number of carbonyl (C=O) groups excluding carboxylic acids is 1. The van der Waals surface area contributed by atoms with Crippen molar-refractivity contribution >= 4 is 23.2 Å². The fourth-order valence-electron chi connectivity index (χ4n) is 3.70. The Balaban J connectivity index is 1.67. The van der Waals surface area contributed by atoms with E-state index in [-0.39, 0.29) is 11.5 Å². The third-order valence-electron chi connectivity index (χ3n) is 5.38. The van der Waals surface area contributed by atoms with E-state index in [0.29, 0.717) is 29.7 Å². The van der Waals surface area contributed by atoms with Gasteiger partial charge in [0.2, 0.25) is 5.78 Å². The molecule has 0 unspecified atom stereocenters. The lowest BCUT2D eigenvalue weighted by Gasteiger charge is -2.33. The molecule has 0 saturated carbocycles. The maximum atomic E-state index is 12.8. The van der Waals surface area contributed by atoms with Crippen molar-refractivity contribution in [1.29, 1.82) is 0 Å². The molecule has 0 amide bonds. The van der Waals surface area contributed by atoms with Gasteiger partial charge in [-0.1, -0.05) is 6.42 Å². The van der Waals surface area contributed by atoms with Crippen LogP contribution in [0.2, 0.25) is 0 Å². The number of allylic oxidation sites excluding steroid dienone is 1. The lowest BCUT2D eigenvalue weighted by Crippen LogP contribution is -2.36. The molecule has 2 aromatic rings. The predicted molar refractivity (Wildman–Crippen MR) is 104 cm³/mol. The predicted octanol–water partition coefficient (Wildman–Crippen LogP) is 4.75. The van der Waals surface area contributed by atoms with E-state index < -0.39 is 0 Å². The number of hydrogen-bond acceptors (Lipinski definition) is 5. The van der Waals surface area contributed by atoms with E-state index in [1.807, 2.05) is 24.4 Å². The first-order chi connectivity index (χ1) is 12.5. The molecule has 1 saturated heterocycles. The summed E-state index contributed by atoms with van der Waals surface area (Å²) in [6, 6.07) is 5.78. The van der Waals surface area contributed by atoms with Crippen molar-refractivity contribution in [2.75, 3.05) is 6.54 Å². The van der Waals surface area contributed by atoms with Gasteiger partial charge in [-0.05, 0) is 62.4 Å². The van der Waals surface area contributed by atoms with Crippen LogP contribution in [0.15, 0.2) is 29.3 Å². The molecule has 136 valence electrons. The number of hydrogen-bond donors (Lipinski definition) is 1. The van der Waals surface area contributed by atoms with E-state index in [4.69, 9.17) is 4.74 Å². The molecule has 2 aliphatic rings. The fraction of sp³-hybridized carbons (Fsp3) is 0.381. The molecule has 26 heavy (non-hydrogen) atoms. The Bertz CT molecular complexity index is 883. The van der Waals surface area contributed by atoms with Crippen LogP contribution >= 0.6 is 11.3 Å². The first-order valence-electron chi connectivity index (χ1n) is 9.12. The average Bonchev–Trinajstić information content (AvgIpc) is 3.16. The van der Waals surface area contributed by atoms with E-state index in [1.54, 1.807) is 23.5 Å². The molecule has 2 aliphatic heterocycles. The summed E-state index contributed by atoms with van der Waals surface area (Å²) < 4.78 is 5.97. The number of phenols is 1. The third-order valence-corrected chi connectivity index (χ3v) is 6.35. The van der Waals surface area contributed by atoms with Crippen LogP contribution in [-0.2, 0) is 6.54 Å². The van der Waals surface area contributed by atoms with E-state index in [1.165, 1.54) is 19.3 Å². The number of fused-ring (bicyclic) bond motifs is 1. The molecule has 1 N–H and O–H groups in total. The molecule has 0 bridgehead atoms. The first kappa shape index (κ1) is 17.3. The largest absolute Gasteiger partial charge is 0.507 e. The number of thiophene rings is 1. The number of benzene rings is 1. The van der Waals surface area contributed by atoms with Crippen LogP contribution in [0.1, 0.15) is 52.5 Å². The number of carbonyl (C=O) groups is 1. The third kappa shape index (κ3) is 3.06. The number of aromatic hydroxyl groups is 1. The summed E-state index contributed by atoms with van der Waals surface area (Å²) in [4.78, 5) is 16.2. The Labute approximate surface area is 157 Å². The number of aryl methyl sites for hydroxylation is 1. The highest BCUT2D eigenvalue weighted by atomic mass is 32.1. The van der Waals surface area contributed by atoms with Gasteiger partial charge in [0.05, 0.1) is 11.1 Å². The molecule has 0 aliphatic carbocycles. The maximum Gasteiger partial charge on any atom is 0.232 e. The average molecular weight is 369 g/mol. The molecule has 5 heteroatoms. The lowest BCUT2D eigenvalue weighted by molar-refractivity contribution is 0.101. The van der Waals surface area contributed by atoms with Crippen molar-refractivity contribution in [2.45, 2.75) is 45.7 Å². The number of Topliss-reactive ketones (excluding diaryl/α,β-unsaturated/α-hetero) is 1. The smallest absolute Gasteiger partial charge is 0.232 e. The van der Waals surface area contributed by atoms with E-state index in [2.05, 4.69) is 11.8 Å². The number of rotatable bonds is 3. The Hall–Kier alpha value is -2.11. The van der Waals surface area contributed by atoms with Crippen molar-refractivity contribution < 1.29 is 14.6 Å². The van der Waals surface area contributed by atoms with Crippen molar-refractivity contribution in [3.8, 4) is 11.5 Å². The maximum absolute atomic E-state index is 12.8. The van der Waals surface area contributed by atoms with Gasteiger partial charge in [0, 0.05) is 23.5 Å². The topological polar surface area (TPSA) is 49.8 Å². The Morgan fingerprint density at radius 1 is 1.35 bits per heavy atom. The zero-order valence-electron chi connectivity index (χ0n) is 15.1. The summed E-state index contributed by atoms with van der Waals surface area (Å²) in [6.07, 6.45) is 5.40. The highest BCUT2D eigenvalue weighted by Crippen LogP contribution is 2.41. The number of piperidine rings is 1. The summed E-state index contributed by atoms with van der Waals surface area (Å²) in [7, 11) is 0. The highest BCUT2D eigenvalue weighted by Gasteiger charge is 2.32. The highest BCUT2D eigenvalue weighted by molar-refractivity contribution is 7.11. The van der Waals surface area contributed by atoms with Crippen molar-refractivity contribution in [2.24, 2.45) is 0 Å². The van der Waals surface area contributed by atoms with Crippen LogP contribution < -0.4 is 4.74 Å². The number of phenolic OH excluding ortho intramolecular Hbond substituents is 1. The number of ketones is 1. The summed E-state index contributed by atoms with van der Waals surface area (Å²) in [5.41, 5.74) is 2.39. The zero-order chi connectivity index (χ0) is 18.3. The van der Waals surface area contributed by atoms with Gasteiger partial charge in [0.1, 0.15) is 11.5 Å². The Kier molecular flexibility index (Phi) is 4.59. The van der Waals surface area contributed by atoms with Crippen molar-refractivity contribution in [3.63, 3.8) is 0 Å². The fourth-order valence-corrected chi connectivity index (χ4v) is 4.54. The van der Waals surface area contributed by atoms with Gasteiger partial charge in [-0.3, -0.25) is 9.69 Å². The molecule has 1 aromatic carbocycles. The summed E-state index contributed by atoms with van der Waals surface area (Å²) in [5, 5.41) is 12.4. The van der Waals surface area contributed by atoms with Gasteiger partial charge in [-0.2, -0.15) is 0 Å². The summed E-state index contributed by atoms with van der Waals surface area (Å²) in [6.45, 7) is 5.85. The minimum atomic E-state index is -0.110. The summed E-state index contributed by atoms with van der Waals surface area (Å²) in [5.74, 6) is 0.945. The van der Waals surface area contributed by atoms with Crippen molar-refractivity contribution in [1.82, 2.24) is 4.90 Å². The monoisotopic (exact) mass is 369 g/mol. The van der Waals surface area contributed by atoms with Crippen LogP contribution in [0.3, 0.4) is 0 Å². The molecule has 0 spiro atoms. The molecule has 0 radical (unpaired) electrons. The van der Waals surface area contributed by atoms with Crippen LogP contribution in [-0.4, -0.2) is 28.4 Å². The minimum Gasteiger partial charge on any atom is -0.507 e. The molecule has 1 aromatic heterocycles. The second kappa shape index (κ2) is 6.89. The standard InChI is InChI=1S/C21H23NO3S/c1-13-8-10-26-19(13)11-18-20(24)15-6-7-17(23)16(21(15)25-18)12-22-9-4-3-5-14(22)2/h6-8,10-11,14,23H,3-5,9,12H2,1-2H3/b18-11-/t14-/m1/s1. The molecular weight excluding hydrogens is 346 g/mol. The van der Waals surface area contributed by atoms with Gasteiger partial charge in [0.25, 0.3) is 0 Å². The van der Waals surface area contributed by atoms with Crippen LogP contribution in [0, 0.1) is 6.92 Å². The van der Waals surface area contributed by atoms with Gasteiger partial charge in [-0.25, -0.2) is 0 Å². The Morgan fingerprint density at radius 2 is 2.19 bits per heavy atom. The van der Waals surface area contributed by atoms with E-state index >= 15 is 0 Å². The quantitative estimate of drug-likeness (QED) is 0.793. The van der Waals surface area contributed by atoms with Crippen LogP contribution in [0.4, 0.5) is 0 Å². The molecule has 3 heterocycles. The summed E-state index contributed by atoms with van der Waals surface area (Å²) >= 11 is 1.59. The zero-order valence-corrected chi connectivity index (χ0v) is 15.9. The number of ether oxygens (including phenoxy) is 1. The van der Waals surface area contributed by atoms with Gasteiger partial charge in [0.15, 0.2) is 5.76 Å². The van der Waals surface area contributed by atoms with Crippen LogP contribution in [0.25, 0.3) is 6.08 Å². The second-order valence-electron chi connectivity index (χ2n) is 7.16. The lowest BCUT2D eigenvalue weighted by atomic mass is 10.0. The molecule has 4 rings (SSSR count). The van der Waals surface area contributed by atoms with Gasteiger partial charge >= 0.3 is 0 Å². The number of likely N-dealkylation sites (tertiary alicyclic amines) is 1. The second-order valence-corrected chi connectivity index (χ2v) is 8.11. The molecule has 4 nitrogen and oxygen atoms in total. The van der Waals surface area contributed by atoms with E-state index in [9.17, 15) is 9.90 Å².